The van der Waals surface area contributed by atoms with Crippen LogP contribution in [0.4, 0.5) is 0 Å². The van der Waals surface area contributed by atoms with Crippen LogP contribution in [0.5, 0.6) is 0 Å². The average Bonchev–Trinajstić information content (AvgIpc) is 2.87. The molecule has 1 aromatic heterocycles. The molecule has 0 radical (unpaired) electrons. The average molecular weight is 295 g/mol. The van der Waals surface area contributed by atoms with Crippen LogP contribution in [-0.4, -0.2) is 46.6 Å². The molecular weight excluding hydrogens is 270 g/mol. The Labute approximate surface area is 125 Å². The number of carbonyl (C=O) groups is 1. The fourth-order valence-corrected chi connectivity index (χ4v) is 2.73. The number of Topliss-reactive ketones (excluding diaryl/α,β-unsaturated/α-hetero) is 1. The molecule has 0 amide bonds. The molecule has 0 saturated carbocycles. The lowest BCUT2D eigenvalue weighted by molar-refractivity contribution is -0.119. The maximum atomic E-state index is 11.7. The van der Waals surface area contributed by atoms with Gasteiger partial charge in [-0.3, -0.25) is 9.69 Å². The second kappa shape index (κ2) is 6.66. The first-order chi connectivity index (χ1) is 9.90. The zero-order valence-corrected chi connectivity index (χ0v) is 13.5. The van der Waals surface area contributed by atoms with Crippen molar-refractivity contribution in [1.82, 2.24) is 15.0 Å². The van der Waals surface area contributed by atoms with Gasteiger partial charge in [-0.1, -0.05) is 19.0 Å². The Morgan fingerprint density at radius 3 is 2.62 bits per heavy atom. The maximum Gasteiger partial charge on any atom is 0.237 e. The standard InChI is InChI=1S/C15H25N3O3/c1-9(2)13(11(5)19)15-16-14(17-21-15)12-8-18(10(3)4)6-7-20-12/h9-10,12-13H,6-8H2,1-5H3. The van der Waals surface area contributed by atoms with Gasteiger partial charge in [0.15, 0.2) is 0 Å². The van der Waals surface area contributed by atoms with Gasteiger partial charge in [0, 0.05) is 19.1 Å². The van der Waals surface area contributed by atoms with Crippen molar-refractivity contribution in [2.24, 2.45) is 5.92 Å². The molecule has 2 atom stereocenters. The van der Waals surface area contributed by atoms with Gasteiger partial charge in [0.25, 0.3) is 0 Å². The molecule has 1 aliphatic rings. The van der Waals surface area contributed by atoms with Crippen molar-refractivity contribution < 1.29 is 14.1 Å². The zero-order chi connectivity index (χ0) is 15.6. The van der Waals surface area contributed by atoms with Crippen LogP contribution in [0.25, 0.3) is 0 Å². The topological polar surface area (TPSA) is 68.5 Å². The van der Waals surface area contributed by atoms with Crippen LogP contribution in [0.2, 0.25) is 0 Å². The first kappa shape index (κ1) is 16.1. The Kier molecular flexibility index (Phi) is 5.11. The summed E-state index contributed by atoms with van der Waals surface area (Å²) < 4.78 is 11.1. The van der Waals surface area contributed by atoms with Gasteiger partial charge in [0.1, 0.15) is 11.9 Å². The molecule has 1 saturated heterocycles. The van der Waals surface area contributed by atoms with Gasteiger partial charge in [-0.2, -0.15) is 4.98 Å². The lowest BCUT2D eigenvalue weighted by Gasteiger charge is -2.34. The molecule has 0 aromatic carbocycles. The smallest absolute Gasteiger partial charge is 0.237 e. The summed E-state index contributed by atoms with van der Waals surface area (Å²) in [7, 11) is 0. The minimum atomic E-state index is -0.337. The van der Waals surface area contributed by atoms with E-state index in [0.717, 1.165) is 13.1 Å². The highest BCUT2D eigenvalue weighted by atomic mass is 16.5. The van der Waals surface area contributed by atoms with E-state index in [1.807, 2.05) is 13.8 Å². The van der Waals surface area contributed by atoms with E-state index in [0.29, 0.717) is 24.4 Å². The van der Waals surface area contributed by atoms with E-state index in [2.05, 4.69) is 28.9 Å². The zero-order valence-electron chi connectivity index (χ0n) is 13.5. The van der Waals surface area contributed by atoms with Crippen LogP contribution in [-0.2, 0) is 9.53 Å². The Morgan fingerprint density at radius 1 is 1.33 bits per heavy atom. The number of ketones is 1. The molecule has 1 fully saturated rings. The van der Waals surface area contributed by atoms with Crippen molar-refractivity contribution in [2.45, 2.75) is 52.7 Å². The van der Waals surface area contributed by atoms with Gasteiger partial charge in [-0.05, 0) is 26.7 Å². The predicted octanol–water partition coefficient (Wildman–Crippen LogP) is 2.18. The van der Waals surface area contributed by atoms with Gasteiger partial charge in [0.2, 0.25) is 11.7 Å². The van der Waals surface area contributed by atoms with Crippen LogP contribution in [0.15, 0.2) is 4.52 Å². The monoisotopic (exact) mass is 295 g/mol. The lowest BCUT2D eigenvalue weighted by Crippen LogP contribution is -2.42. The molecule has 2 rings (SSSR count). The molecule has 0 N–H and O–H groups in total. The van der Waals surface area contributed by atoms with Crippen LogP contribution in [0, 0.1) is 5.92 Å². The molecule has 6 heteroatoms. The van der Waals surface area contributed by atoms with Gasteiger partial charge < -0.3 is 9.26 Å². The number of morpholine rings is 1. The molecule has 0 aliphatic carbocycles. The SMILES string of the molecule is CC(=O)C(c1nc(C2CN(C(C)C)CCO2)no1)C(C)C. The molecule has 21 heavy (non-hydrogen) atoms. The van der Waals surface area contributed by atoms with Crippen molar-refractivity contribution in [3.05, 3.63) is 11.7 Å². The second-order valence-electron chi connectivity index (χ2n) is 6.27. The maximum absolute atomic E-state index is 11.7. The van der Waals surface area contributed by atoms with E-state index < -0.39 is 0 Å². The molecule has 1 aliphatic heterocycles. The molecule has 2 unspecified atom stereocenters. The first-order valence-corrected chi connectivity index (χ1v) is 7.59. The summed E-state index contributed by atoms with van der Waals surface area (Å²) in [6, 6.07) is 0.461. The number of hydrogen-bond donors (Lipinski definition) is 0. The Bertz CT molecular complexity index is 484. The quantitative estimate of drug-likeness (QED) is 0.829. The number of carbonyl (C=O) groups excluding carboxylic acids is 1. The Hall–Kier alpha value is -1.27. The van der Waals surface area contributed by atoms with Crippen LogP contribution in [0.1, 0.15) is 58.4 Å². The molecule has 0 spiro atoms. The number of nitrogens with zero attached hydrogens (tertiary/aromatic N) is 3. The van der Waals surface area contributed by atoms with Crippen molar-refractivity contribution in [2.75, 3.05) is 19.7 Å². The van der Waals surface area contributed by atoms with Crippen LogP contribution in [0.3, 0.4) is 0 Å². The normalized spacial score (nSPS) is 22.0. The third-order valence-electron chi connectivity index (χ3n) is 3.94. The molecule has 1 aromatic rings. The summed E-state index contributed by atoms with van der Waals surface area (Å²) in [5.41, 5.74) is 0. The van der Waals surface area contributed by atoms with Gasteiger partial charge in [-0.25, -0.2) is 0 Å². The fourth-order valence-electron chi connectivity index (χ4n) is 2.73. The van der Waals surface area contributed by atoms with Gasteiger partial charge in [-0.15, -0.1) is 0 Å². The number of rotatable bonds is 5. The molecule has 0 bridgehead atoms. The van der Waals surface area contributed by atoms with Gasteiger partial charge in [0.05, 0.1) is 12.5 Å². The Morgan fingerprint density at radius 2 is 2.05 bits per heavy atom. The van der Waals surface area contributed by atoms with E-state index in [9.17, 15) is 4.79 Å². The third kappa shape index (κ3) is 3.68. The van der Waals surface area contributed by atoms with Crippen molar-refractivity contribution in [3.63, 3.8) is 0 Å². The summed E-state index contributed by atoms with van der Waals surface area (Å²) in [5, 5.41) is 4.03. The molecule has 6 nitrogen and oxygen atoms in total. The van der Waals surface area contributed by atoms with Crippen LogP contribution >= 0.6 is 0 Å². The lowest BCUT2D eigenvalue weighted by atomic mass is 9.92. The molecule has 2 heterocycles. The molecule has 118 valence electrons. The largest absolute Gasteiger partial charge is 0.367 e. The van der Waals surface area contributed by atoms with Gasteiger partial charge >= 0.3 is 0 Å². The van der Waals surface area contributed by atoms with Crippen molar-refractivity contribution in [1.29, 1.82) is 0 Å². The number of ether oxygens (including phenoxy) is 1. The highest BCUT2D eigenvalue weighted by molar-refractivity contribution is 5.82. The van der Waals surface area contributed by atoms with E-state index in [1.165, 1.54) is 0 Å². The van der Waals surface area contributed by atoms with E-state index >= 15 is 0 Å². The minimum Gasteiger partial charge on any atom is -0.367 e. The van der Waals surface area contributed by atoms with E-state index in [1.54, 1.807) is 6.92 Å². The summed E-state index contributed by atoms with van der Waals surface area (Å²) in [6.45, 7) is 12.2. The van der Waals surface area contributed by atoms with Crippen LogP contribution < -0.4 is 0 Å². The summed E-state index contributed by atoms with van der Waals surface area (Å²) >= 11 is 0. The minimum absolute atomic E-state index is 0.0496. The number of aromatic nitrogens is 2. The van der Waals surface area contributed by atoms with Crippen molar-refractivity contribution >= 4 is 5.78 Å². The summed E-state index contributed by atoms with van der Waals surface area (Å²) in [6.07, 6.45) is -0.182. The predicted molar refractivity (Wildman–Crippen MR) is 78.0 cm³/mol. The summed E-state index contributed by atoms with van der Waals surface area (Å²) in [5.74, 6) is 0.792. The fraction of sp³-hybridized carbons (Fsp3) is 0.800. The van der Waals surface area contributed by atoms with E-state index in [-0.39, 0.29) is 23.7 Å². The number of hydrogen-bond acceptors (Lipinski definition) is 6. The highest BCUT2D eigenvalue weighted by Gasteiger charge is 2.31. The van der Waals surface area contributed by atoms with Crippen molar-refractivity contribution in [3.8, 4) is 0 Å². The second-order valence-corrected chi connectivity index (χ2v) is 6.27. The first-order valence-electron chi connectivity index (χ1n) is 7.59. The van der Waals surface area contributed by atoms with E-state index in [4.69, 9.17) is 9.26 Å². The molecular formula is C15H25N3O3. The third-order valence-corrected chi connectivity index (χ3v) is 3.94. The highest BCUT2D eigenvalue weighted by Crippen LogP contribution is 2.27. The Balaban J connectivity index is 2.14. The summed E-state index contributed by atoms with van der Waals surface area (Å²) in [4.78, 5) is 18.5.